The number of hydrogen-bond donors (Lipinski definition) is 0. The highest BCUT2D eigenvalue weighted by molar-refractivity contribution is 9.10. The molecule has 0 radical (unpaired) electrons. The van der Waals surface area contributed by atoms with Gasteiger partial charge in [0.25, 0.3) is 0 Å². The van der Waals surface area contributed by atoms with Gasteiger partial charge in [0, 0.05) is 27.6 Å². The van der Waals surface area contributed by atoms with Gasteiger partial charge in [-0.3, -0.25) is 0 Å². The summed E-state index contributed by atoms with van der Waals surface area (Å²) in [6.07, 6.45) is 2.58. The van der Waals surface area contributed by atoms with E-state index in [1.54, 1.807) is 18.4 Å². The van der Waals surface area contributed by atoms with Crippen molar-refractivity contribution in [3.8, 4) is 11.1 Å². The molecule has 0 atom stereocenters. The summed E-state index contributed by atoms with van der Waals surface area (Å²) in [5.74, 6) is 0.392. The lowest BCUT2D eigenvalue weighted by Crippen LogP contribution is -2.03. The molecule has 0 fully saturated rings. The summed E-state index contributed by atoms with van der Waals surface area (Å²) in [6.45, 7) is 0.540. The van der Waals surface area contributed by atoms with Crippen molar-refractivity contribution in [2.45, 2.75) is 12.7 Å². The highest BCUT2D eigenvalue weighted by Crippen LogP contribution is 2.29. The molecule has 5 rings (SSSR count). The SMILES string of the molecule is FC(F)(F)c1ccc(/C=C/c2nc(Cn3ccc4cc(-c5ccc(Br)cc5)ccc43)co2)cc1. The fourth-order valence-electron chi connectivity index (χ4n) is 3.76. The Morgan fingerprint density at radius 1 is 0.882 bits per heavy atom. The molecule has 0 amide bonds. The summed E-state index contributed by atoms with van der Waals surface area (Å²) in [4.78, 5) is 4.48. The van der Waals surface area contributed by atoms with Crippen LogP contribution in [0.25, 0.3) is 34.2 Å². The van der Waals surface area contributed by atoms with Crippen molar-refractivity contribution in [2.75, 3.05) is 0 Å². The second-order valence-corrected chi connectivity index (χ2v) is 8.77. The topological polar surface area (TPSA) is 31.0 Å². The predicted octanol–water partition coefficient (Wildman–Crippen LogP) is 8.30. The molecule has 2 aromatic heterocycles. The van der Waals surface area contributed by atoms with Crippen LogP contribution in [-0.4, -0.2) is 9.55 Å². The zero-order chi connectivity index (χ0) is 23.7. The van der Waals surface area contributed by atoms with E-state index in [4.69, 9.17) is 4.42 Å². The molecule has 0 aliphatic heterocycles. The summed E-state index contributed by atoms with van der Waals surface area (Å²) >= 11 is 3.47. The predicted molar refractivity (Wildman–Crippen MR) is 131 cm³/mol. The number of nitrogens with zero attached hydrogens (tertiary/aromatic N) is 2. The van der Waals surface area contributed by atoms with Crippen LogP contribution in [0, 0.1) is 0 Å². The monoisotopic (exact) mass is 522 g/mol. The number of alkyl halides is 3. The van der Waals surface area contributed by atoms with Gasteiger partial charge in [0.15, 0.2) is 0 Å². The largest absolute Gasteiger partial charge is 0.445 e. The average Bonchev–Trinajstić information content (AvgIpc) is 3.45. The minimum absolute atomic E-state index is 0.392. The van der Waals surface area contributed by atoms with Gasteiger partial charge >= 0.3 is 6.18 Å². The molecular weight excluding hydrogens is 505 g/mol. The molecule has 34 heavy (non-hydrogen) atoms. The van der Waals surface area contributed by atoms with E-state index in [1.807, 2.05) is 18.3 Å². The second-order valence-electron chi connectivity index (χ2n) is 7.85. The Labute approximate surface area is 202 Å². The summed E-state index contributed by atoms with van der Waals surface area (Å²) in [5.41, 5.74) is 4.10. The molecular formula is C27H18BrF3N2O. The van der Waals surface area contributed by atoms with Crippen molar-refractivity contribution in [2.24, 2.45) is 0 Å². The van der Waals surface area contributed by atoms with E-state index >= 15 is 0 Å². The normalized spacial score (nSPS) is 12.1. The van der Waals surface area contributed by atoms with Crippen LogP contribution in [0.2, 0.25) is 0 Å². The molecule has 0 spiro atoms. The number of rotatable bonds is 5. The van der Waals surface area contributed by atoms with Gasteiger partial charge in [-0.25, -0.2) is 4.98 Å². The van der Waals surface area contributed by atoms with E-state index in [-0.39, 0.29) is 0 Å². The highest BCUT2D eigenvalue weighted by atomic mass is 79.9. The number of oxazole rings is 1. The first-order valence-electron chi connectivity index (χ1n) is 10.5. The summed E-state index contributed by atoms with van der Waals surface area (Å²) in [5, 5.41) is 1.13. The van der Waals surface area contributed by atoms with Crippen LogP contribution in [-0.2, 0) is 12.7 Å². The number of halogens is 4. The van der Waals surface area contributed by atoms with Crippen LogP contribution in [0.15, 0.2) is 94.1 Å². The summed E-state index contributed by atoms with van der Waals surface area (Å²) < 4.78 is 46.7. The third-order valence-corrected chi connectivity index (χ3v) is 6.04. The van der Waals surface area contributed by atoms with Gasteiger partial charge < -0.3 is 8.98 Å². The lowest BCUT2D eigenvalue weighted by molar-refractivity contribution is -0.137. The third-order valence-electron chi connectivity index (χ3n) is 5.51. The Kier molecular flexibility index (Phi) is 5.87. The van der Waals surface area contributed by atoms with Crippen molar-refractivity contribution in [3.05, 3.63) is 112 Å². The van der Waals surface area contributed by atoms with Crippen molar-refractivity contribution in [1.29, 1.82) is 0 Å². The van der Waals surface area contributed by atoms with Gasteiger partial charge in [-0.15, -0.1) is 0 Å². The molecule has 0 saturated carbocycles. The molecule has 3 aromatic carbocycles. The smallest absolute Gasteiger partial charge is 0.416 e. The van der Waals surface area contributed by atoms with Crippen molar-refractivity contribution >= 4 is 39.0 Å². The van der Waals surface area contributed by atoms with Gasteiger partial charge in [0.1, 0.15) is 6.26 Å². The maximum absolute atomic E-state index is 12.7. The minimum Gasteiger partial charge on any atom is -0.445 e. The zero-order valence-corrected chi connectivity index (χ0v) is 19.3. The second kappa shape index (κ2) is 8.99. The quantitative estimate of drug-likeness (QED) is 0.232. The molecule has 170 valence electrons. The highest BCUT2D eigenvalue weighted by Gasteiger charge is 2.29. The molecule has 0 aliphatic carbocycles. The lowest BCUT2D eigenvalue weighted by atomic mass is 10.0. The Morgan fingerprint density at radius 3 is 2.35 bits per heavy atom. The molecule has 3 nitrogen and oxygen atoms in total. The maximum atomic E-state index is 12.7. The molecule has 2 heterocycles. The Bertz CT molecular complexity index is 1460. The van der Waals surface area contributed by atoms with E-state index < -0.39 is 11.7 Å². The van der Waals surface area contributed by atoms with Crippen molar-refractivity contribution < 1.29 is 17.6 Å². The fourth-order valence-corrected chi connectivity index (χ4v) is 4.02. The van der Waals surface area contributed by atoms with Crippen molar-refractivity contribution in [1.82, 2.24) is 9.55 Å². The minimum atomic E-state index is -4.34. The number of fused-ring (bicyclic) bond motifs is 1. The molecule has 5 aromatic rings. The van der Waals surface area contributed by atoms with Crippen LogP contribution in [0.1, 0.15) is 22.7 Å². The van der Waals surface area contributed by atoms with Crippen LogP contribution in [0.4, 0.5) is 13.2 Å². The lowest BCUT2D eigenvalue weighted by Gasteiger charge is -2.05. The third kappa shape index (κ3) is 4.84. The van der Waals surface area contributed by atoms with Gasteiger partial charge in [-0.05, 0) is 65.2 Å². The van der Waals surface area contributed by atoms with Gasteiger partial charge in [0.05, 0.1) is 17.8 Å². The number of benzene rings is 3. The van der Waals surface area contributed by atoms with Crippen molar-refractivity contribution in [3.63, 3.8) is 0 Å². The molecule has 0 aliphatic rings. The summed E-state index contributed by atoms with van der Waals surface area (Å²) in [6, 6.07) is 21.6. The van der Waals surface area contributed by atoms with E-state index in [0.29, 0.717) is 18.0 Å². The zero-order valence-electron chi connectivity index (χ0n) is 17.8. The van der Waals surface area contributed by atoms with Gasteiger partial charge in [-0.1, -0.05) is 46.3 Å². The first kappa shape index (κ1) is 22.2. The average molecular weight is 523 g/mol. The van der Waals surface area contributed by atoms with E-state index in [2.05, 4.69) is 61.9 Å². The van der Waals surface area contributed by atoms with E-state index in [9.17, 15) is 13.2 Å². The van der Waals surface area contributed by atoms with Crippen LogP contribution in [0.5, 0.6) is 0 Å². The molecule has 0 N–H and O–H groups in total. The Morgan fingerprint density at radius 2 is 1.62 bits per heavy atom. The number of aromatic nitrogens is 2. The Balaban J connectivity index is 1.30. The van der Waals surface area contributed by atoms with E-state index in [1.165, 1.54) is 12.1 Å². The van der Waals surface area contributed by atoms with Gasteiger partial charge in [0.2, 0.25) is 5.89 Å². The fraction of sp³-hybridized carbons (Fsp3) is 0.0741. The standard InChI is InChI=1S/C27H18BrF3N2O/c28-23-9-4-19(5-10-23)20-6-11-25-21(15-20)13-14-33(25)16-24-17-34-26(32-24)12-3-18-1-7-22(8-2-18)27(29,30)31/h1-15,17H,16H2/b12-3+. The molecule has 0 unspecified atom stereocenters. The summed E-state index contributed by atoms with van der Waals surface area (Å²) in [7, 11) is 0. The number of hydrogen-bond acceptors (Lipinski definition) is 2. The van der Waals surface area contributed by atoms with Crippen LogP contribution in [0.3, 0.4) is 0 Å². The van der Waals surface area contributed by atoms with Crippen LogP contribution >= 0.6 is 15.9 Å². The first-order chi connectivity index (χ1) is 16.3. The van der Waals surface area contributed by atoms with Gasteiger partial charge in [-0.2, -0.15) is 13.2 Å². The Hall–Kier alpha value is -3.58. The first-order valence-corrected chi connectivity index (χ1v) is 11.3. The maximum Gasteiger partial charge on any atom is 0.416 e. The molecule has 0 saturated heterocycles. The molecule has 0 bridgehead atoms. The molecule has 7 heteroatoms. The van der Waals surface area contributed by atoms with Crippen LogP contribution < -0.4 is 0 Å². The van der Waals surface area contributed by atoms with E-state index in [0.717, 1.165) is 44.3 Å².